The van der Waals surface area contributed by atoms with Gasteiger partial charge in [0.05, 0.1) is 30.7 Å². The van der Waals surface area contributed by atoms with Crippen molar-refractivity contribution in [2.75, 3.05) is 13.2 Å². The van der Waals surface area contributed by atoms with Crippen molar-refractivity contribution in [3.05, 3.63) is 33.1 Å². The van der Waals surface area contributed by atoms with Crippen LogP contribution in [-0.4, -0.2) is 99.3 Å². The Morgan fingerprint density at radius 2 is 1.80 bits per heavy atom. The Kier molecular flexibility index (Phi) is 9.16. The summed E-state index contributed by atoms with van der Waals surface area (Å²) in [7, 11) is -10.8. The molecule has 0 amide bonds. The molecule has 0 bridgehead atoms. The van der Waals surface area contributed by atoms with Crippen LogP contribution in [0.1, 0.15) is 12.6 Å². The molecule has 200 valence electrons. The van der Waals surface area contributed by atoms with Gasteiger partial charge in [0.2, 0.25) is 0 Å². The maximum absolute atomic E-state index is 12.2. The van der Waals surface area contributed by atoms with Crippen molar-refractivity contribution in [2.24, 2.45) is 0 Å². The highest BCUT2D eigenvalue weighted by atomic mass is 32.2. The number of nitrogens with one attached hydrogen (secondary N) is 1. The van der Waals surface area contributed by atoms with Crippen molar-refractivity contribution in [1.82, 2.24) is 9.55 Å². The maximum atomic E-state index is 12.2. The molecule has 3 heterocycles. The van der Waals surface area contributed by atoms with Crippen LogP contribution in [0.2, 0.25) is 0 Å². The van der Waals surface area contributed by atoms with Crippen LogP contribution in [0.3, 0.4) is 0 Å². The van der Waals surface area contributed by atoms with Gasteiger partial charge < -0.3 is 40.1 Å². The lowest BCUT2D eigenvalue weighted by Crippen LogP contribution is -2.54. The van der Waals surface area contributed by atoms with Gasteiger partial charge in [-0.05, 0) is 0 Å². The third kappa shape index (κ3) is 7.09. The predicted octanol–water partition coefficient (Wildman–Crippen LogP) is -3.05. The second kappa shape index (κ2) is 11.2. The number of phosphoric ester groups is 2. The Labute approximate surface area is 200 Å². The van der Waals surface area contributed by atoms with Crippen molar-refractivity contribution in [3.63, 3.8) is 0 Å². The average Bonchev–Trinajstić information content (AvgIpc) is 3.12. The van der Waals surface area contributed by atoms with Crippen LogP contribution >= 0.6 is 27.4 Å². The van der Waals surface area contributed by atoms with Crippen molar-refractivity contribution < 1.29 is 62.5 Å². The molecule has 17 nitrogen and oxygen atoms in total. The minimum Gasteiger partial charge on any atom is -0.395 e. The molecular formula is C15H24N2O15P2S. The molecular weight excluding hydrogens is 542 g/mol. The summed E-state index contributed by atoms with van der Waals surface area (Å²) >= 11 is 0.479. The van der Waals surface area contributed by atoms with Gasteiger partial charge in [-0.25, -0.2) is 13.9 Å². The van der Waals surface area contributed by atoms with Gasteiger partial charge in [0, 0.05) is 18.7 Å². The number of H-pyrrole nitrogens is 1. The highest BCUT2D eigenvalue weighted by molar-refractivity contribution is 8.00. The number of aliphatic hydroxyl groups excluding tert-OH is 5. The number of nitrogens with zero attached hydrogens (tertiary/aromatic N) is 1. The first-order chi connectivity index (χ1) is 16.2. The zero-order chi connectivity index (χ0) is 26.1. The average molecular weight is 566 g/mol. The van der Waals surface area contributed by atoms with Gasteiger partial charge in [0.15, 0.2) is 0 Å². The van der Waals surface area contributed by atoms with Gasteiger partial charge in [-0.15, -0.1) is 11.8 Å². The topological polar surface area (TPSA) is 268 Å². The number of aliphatic hydroxyl groups is 5. The van der Waals surface area contributed by atoms with Crippen LogP contribution in [0.15, 0.2) is 21.9 Å². The third-order valence-corrected chi connectivity index (χ3v) is 9.24. The van der Waals surface area contributed by atoms with Gasteiger partial charge in [0.1, 0.15) is 30.0 Å². The van der Waals surface area contributed by atoms with Crippen molar-refractivity contribution in [3.8, 4) is 0 Å². The summed E-state index contributed by atoms with van der Waals surface area (Å²) in [6.45, 7) is -1.52. The van der Waals surface area contributed by atoms with E-state index < -0.39 is 87.5 Å². The van der Waals surface area contributed by atoms with E-state index in [9.17, 15) is 54.0 Å². The molecule has 6 unspecified atom stereocenters. The molecule has 0 saturated carbocycles. The summed E-state index contributed by atoms with van der Waals surface area (Å²) in [6.07, 6.45) is -8.03. The van der Waals surface area contributed by atoms with Crippen LogP contribution in [0.25, 0.3) is 0 Å². The highest BCUT2D eigenvalue weighted by Crippen LogP contribution is 2.62. The van der Waals surface area contributed by atoms with E-state index in [0.29, 0.717) is 11.8 Å². The summed E-state index contributed by atoms with van der Waals surface area (Å²) in [4.78, 5) is 44.7. The number of rotatable bonds is 9. The number of aromatic nitrogens is 2. The second-order valence-corrected chi connectivity index (χ2v) is 11.9. The molecule has 0 spiro atoms. The van der Waals surface area contributed by atoms with E-state index in [-0.39, 0.29) is 6.42 Å². The molecule has 20 heteroatoms. The second-order valence-electron chi connectivity index (χ2n) is 7.57. The number of phosphoric acid groups is 2. The van der Waals surface area contributed by atoms with Crippen LogP contribution in [0.5, 0.6) is 0 Å². The SMILES string of the molecule is O=c1ccn([C@H]2C[C@H](O)[C@@H](COP(=O)(O)OP(=O)(O)O[C@H]3SC(CO)C(O)C(O)C3O)O2)c(=O)[nH]1. The Morgan fingerprint density at radius 3 is 2.43 bits per heavy atom. The van der Waals surface area contributed by atoms with Gasteiger partial charge in [-0.1, -0.05) is 0 Å². The van der Waals surface area contributed by atoms with Crippen LogP contribution < -0.4 is 11.2 Å². The molecule has 3 rings (SSSR count). The maximum Gasteiger partial charge on any atom is 0.482 e. The minimum atomic E-state index is -5.43. The lowest BCUT2D eigenvalue weighted by atomic mass is 10.0. The van der Waals surface area contributed by atoms with Gasteiger partial charge >= 0.3 is 21.3 Å². The Morgan fingerprint density at radius 1 is 1.11 bits per heavy atom. The smallest absolute Gasteiger partial charge is 0.395 e. The highest BCUT2D eigenvalue weighted by Gasteiger charge is 2.48. The van der Waals surface area contributed by atoms with E-state index in [4.69, 9.17) is 4.74 Å². The number of hydrogen-bond acceptors (Lipinski definition) is 14. The number of ether oxygens (including phenoxy) is 1. The molecule has 1 aromatic heterocycles. The number of hydrogen-bond donors (Lipinski definition) is 8. The zero-order valence-corrected chi connectivity index (χ0v) is 20.1. The molecule has 10 atom stereocenters. The summed E-state index contributed by atoms with van der Waals surface area (Å²) in [6, 6.07) is 1.04. The first-order valence-electron chi connectivity index (χ1n) is 9.88. The van der Waals surface area contributed by atoms with E-state index in [1.54, 1.807) is 0 Å². The van der Waals surface area contributed by atoms with Gasteiger partial charge in [-0.3, -0.25) is 23.4 Å². The van der Waals surface area contributed by atoms with Crippen molar-refractivity contribution in [2.45, 2.75) is 53.9 Å². The summed E-state index contributed by atoms with van der Waals surface area (Å²) in [5.74, 6) is 0. The number of aromatic amines is 1. The van der Waals surface area contributed by atoms with E-state index >= 15 is 0 Å². The lowest BCUT2D eigenvalue weighted by molar-refractivity contribution is -0.0939. The van der Waals surface area contributed by atoms with Crippen LogP contribution in [-0.2, 0) is 27.2 Å². The fourth-order valence-corrected chi connectivity index (χ4v) is 7.02. The Bertz CT molecular complexity index is 1100. The van der Waals surface area contributed by atoms with E-state index in [1.807, 2.05) is 4.98 Å². The standard InChI is InChI=1S/C15H24N2O15P2S/c18-4-8-11(21)12(22)13(23)14(35-8)31-34(27,28)32-33(25,26)29-5-7-6(19)3-10(30-7)17-2-1-9(20)16-15(17)24/h1-2,6-8,10-14,18-19,21-23H,3-5H2,(H,25,26)(H,27,28)(H,16,20,24)/t6-,7+,8?,10+,11?,12?,13?,14-/m0/s1. The Balaban J connectivity index is 1.58. The van der Waals surface area contributed by atoms with Crippen LogP contribution in [0.4, 0.5) is 0 Å². The molecule has 0 aromatic carbocycles. The molecule has 0 aliphatic carbocycles. The minimum absolute atomic E-state index is 0.158. The fraction of sp³-hybridized carbons (Fsp3) is 0.733. The molecule has 2 aliphatic rings. The summed E-state index contributed by atoms with van der Waals surface area (Å²) in [5, 5.41) is 47.7. The monoisotopic (exact) mass is 566 g/mol. The zero-order valence-electron chi connectivity index (χ0n) is 17.5. The normalized spacial score (nSPS) is 37.0. The van der Waals surface area contributed by atoms with E-state index in [0.717, 1.165) is 16.8 Å². The Hall–Kier alpha value is -0.950. The first-order valence-corrected chi connectivity index (χ1v) is 13.8. The molecule has 2 aliphatic heterocycles. The van der Waals surface area contributed by atoms with E-state index in [2.05, 4.69) is 13.4 Å². The molecule has 1 aromatic rings. The van der Waals surface area contributed by atoms with Crippen LogP contribution in [0, 0.1) is 0 Å². The lowest BCUT2D eigenvalue weighted by Gasteiger charge is -2.39. The third-order valence-electron chi connectivity index (χ3n) is 5.06. The molecule has 8 N–H and O–H groups in total. The number of thioether (sulfide) groups is 1. The van der Waals surface area contributed by atoms with Gasteiger partial charge in [-0.2, -0.15) is 4.31 Å². The van der Waals surface area contributed by atoms with Crippen molar-refractivity contribution >= 4 is 27.4 Å². The van der Waals surface area contributed by atoms with Gasteiger partial charge in [0.25, 0.3) is 5.56 Å². The van der Waals surface area contributed by atoms with Crippen molar-refractivity contribution in [1.29, 1.82) is 0 Å². The molecule has 35 heavy (non-hydrogen) atoms. The quantitative estimate of drug-likeness (QED) is 0.138. The summed E-state index contributed by atoms with van der Waals surface area (Å²) < 4.78 is 44.1. The fourth-order valence-electron chi connectivity index (χ4n) is 3.32. The molecule has 2 saturated heterocycles. The largest absolute Gasteiger partial charge is 0.482 e. The summed E-state index contributed by atoms with van der Waals surface area (Å²) in [5.41, 5.74) is -3.22. The first kappa shape index (κ1) is 28.6. The molecule has 0 radical (unpaired) electrons. The molecule has 2 fully saturated rings. The van der Waals surface area contributed by atoms with E-state index in [1.165, 1.54) is 0 Å². The predicted molar refractivity (Wildman–Crippen MR) is 114 cm³/mol.